The molecule has 1 aromatic heterocycles. The molecule has 3 rings (SSSR count). The van der Waals surface area contributed by atoms with Gasteiger partial charge < -0.3 is 4.74 Å². The molecule has 3 nitrogen and oxygen atoms in total. The number of hydrazine groups is 1. The van der Waals surface area contributed by atoms with E-state index in [0.29, 0.717) is 0 Å². The number of ether oxygens (including phenoxy) is 1. The van der Waals surface area contributed by atoms with Gasteiger partial charge in [-0.05, 0) is 41.3 Å². The first kappa shape index (κ1) is 13.6. The summed E-state index contributed by atoms with van der Waals surface area (Å²) in [5.41, 5.74) is 5.57. The Balaban J connectivity index is 1.92. The first-order valence-electron chi connectivity index (χ1n) is 7.01. The van der Waals surface area contributed by atoms with Gasteiger partial charge >= 0.3 is 0 Å². The van der Waals surface area contributed by atoms with E-state index in [0.717, 1.165) is 16.5 Å². The van der Waals surface area contributed by atoms with Crippen LogP contribution in [0.5, 0.6) is 5.75 Å². The van der Waals surface area contributed by atoms with E-state index < -0.39 is 0 Å². The van der Waals surface area contributed by atoms with Crippen LogP contribution in [0, 0.1) is 0 Å². The number of rotatable bonds is 5. The van der Waals surface area contributed by atoms with Crippen molar-refractivity contribution in [3.05, 3.63) is 51.7 Å². The number of benzene rings is 1. The van der Waals surface area contributed by atoms with Gasteiger partial charge in [-0.3, -0.25) is 5.84 Å². The summed E-state index contributed by atoms with van der Waals surface area (Å²) in [7, 11) is 1.70. The molecule has 0 bridgehead atoms. The summed E-state index contributed by atoms with van der Waals surface area (Å²) >= 11 is 1.67. The lowest BCUT2D eigenvalue weighted by molar-refractivity contribution is 0.407. The molecular weight excluding hydrogens is 268 g/mol. The second-order valence-corrected chi connectivity index (χ2v) is 6.20. The van der Waals surface area contributed by atoms with Crippen LogP contribution in [0.25, 0.3) is 0 Å². The van der Waals surface area contributed by atoms with Crippen molar-refractivity contribution in [1.82, 2.24) is 5.43 Å². The Morgan fingerprint density at radius 3 is 2.85 bits per heavy atom. The van der Waals surface area contributed by atoms with Crippen molar-refractivity contribution in [1.29, 1.82) is 0 Å². The summed E-state index contributed by atoms with van der Waals surface area (Å²) < 4.78 is 5.41. The zero-order valence-electron chi connectivity index (χ0n) is 11.6. The molecule has 1 aliphatic carbocycles. The van der Waals surface area contributed by atoms with Crippen LogP contribution in [0.4, 0.5) is 0 Å². The molecule has 106 valence electrons. The monoisotopic (exact) mass is 288 g/mol. The molecule has 1 saturated carbocycles. The highest BCUT2D eigenvalue weighted by Gasteiger charge is 2.22. The van der Waals surface area contributed by atoms with Crippen LogP contribution < -0.4 is 16.0 Å². The van der Waals surface area contributed by atoms with Gasteiger partial charge in [0.05, 0.1) is 18.0 Å². The maximum absolute atomic E-state index is 5.79. The van der Waals surface area contributed by atoms with Gasteiger partial charge in [0.15, 0.2) is 0 Å². The second kappa shape index (κ2) is 5.95. The van der Waals surface area contributed by atoms with Crippen LogP contribution in [-0.4, -0.2) is 7.11 Å². The maximum atomic E-state index is 5.79. The van der Waals surface area contributed by atoms with Gasteiger partial charge in [0.1, 0.15) is 5.75 Å². The molecule has 4 heteroatoms. The number of hydrogen-bond acceptors (Lipinski definition) is 4. The van der Waals surface area contributed by atoms with Crippen LogP contribution in [-0.2, 0) is 0 Å². The lowest BCUT2D eigenvalue weighted by Crippen LogP contribution is -2.28. The number of hydrogen-bond donors (Lipinski definition) is 2. The lowest BCUT2D eigenvalue weighted by Gasteiger charge is -2.27. The molecule has 1 unspecified atom stereocenters. The fourth-order valence-electron chi connectivity index (χ4n) is 2.75. The number of thiophene rings is 1. The first-order chi connectivity index (χ1) is 9.83. The standard InChI is InChI=1S/C16H20N2OS/c1-19-14-8-9-20-16(14)15(18-17)13-7-3-6-12(10-13)11-4-2-5-11/h3,6-11,15,18H,2,4-5,17H2,1H3. The van der Waals surface area contributed by atoms with E-state index in [2.05, 4.69) is 29.7 Å². The zero-order valence-corrected chi connectivity index (χ0v) is 12.5. The normalized spacial score (nSPS) is 16.7. The van der Waals surface area contributed by atoms with Gasteiger partial charge in [-0.2, -0.15) is 0 Å². The van der Waals surface area contributed by atoms with E-state index in [1.807, 2.05) is 11.4 Å². The summed E-state index contributed by atoms with van der Waals surface area (Å²) in [5, 5.41) is 2.04. The third-order valence-electron chi connectivity index (χ3n) is 4.13. The van der Waals surface area contributed by atoms with E-state index >= 15 is 0 Å². The number of methoxy groups -OCH3 is 1. The molecule has 0 radical (unpaired) electrons. The third kappa shape index (κ3) is 2.46. The van der Waals surface area contributed by atoms with Crippen molar-refractivity contribution in [3.8, 4) is 5.75 Å². The molecule has 3 N–H and O–H groups in total. The van der Waals surface area contributed by atoms with Gasteiger partial charge in [-0.25, -0.2) is 5.43 Å². The average Bonchev–Trinajstić information content (AvgIpc) is 2.86. The first-order valence-corrected chi connectivity index (χ1v) is 7.89. The van der Waals surface area contributed by atoms with Crippen molar-refractivity contribution >= 4 is 11.3 Å². The van der Waals surface area contributed by atoms with E-state index in [1.54, 1.807) is 18.4 Å². The van der Waals surface area contributed by atoms with E-state index in [4.69, 9.17) is 10.6 Å². The van der Waals surface area contributed by atoms with E-state index in [9.17, 15) is 0 Å². The molecule has 0 aliphatic heterocycles. The van der Waals surface area contributed by atoms with Gasteiger partial charge in [0.2, 0.25) is 0 Å². The third-order valence-corrected chi connectivity index (χ3v) is 5.09. The molecule has 1 heterocycles. The fraction of sp³-hybridized carbons (Fsp3) is 0.375. The molecule has 2 aromatic rings. The van der Waals surface area contributed by atoms with Crippen LogP contribution in [0.1, 0.15) is 47.2 Å². The minimum Gasteiger partial charge on any atom is -0.496 e. The molecule has 1 fully saturated rings. The highest BCUT2D eigenvalue weighted by Crippen LogP contribution is 2.39. The largest absolute Gasteiger partial charge is 0.496 e. The van der Waals surface area contributed by atoms with Gasteiger partial charge in [-0.15, -0.1) is 11.3 Å². The van der Waals surface area contributed by atoms with Crippen LogP contribution >= 0.6 is 11.3 Å². The van der Waals surface area contributed by atoms with Crippen molar-refractivity contribution in [2.75, 3.05) is 7.11 Å². The van der Waals surface area contributed by atoms with Crippen LogP contribution in [0.3, 0.4) is 0 Å². The zero-order chi connectivity index (χ0) is 13.9. The summed E-state index contributed by atoms with van der Waals surface area (Å²) in [6, 6.07) is 10.8. The van der Waals surface area contributed by atoms with Crippen molar-refractivity contribution in [2.45, 2.75) is 31.2 Å². The molecule has 1 aromatic carbocycles. The topological polar surface area (TPSA) is 47.3 Å². The lowest BCUT2D eigenvalue weighted by atomic mass is 9.79. The Kier molecular flexibility index (Phi) is 4.05. The Morgan fingerprint density at radius 1 is 1.35 bits per heavy atom. The van der Waals surface area contributed by atoms with Crippen molar-refractivity contribution in [2.24, 2.45) is 5.84 Å². The quantitative estimate of drug-likeness (QED) is 0.653. The number of nitrogens with one attached hydrogen (secondary N) is 1. The average molecular weight is 288 g/mol. The maximum Gasteiger partial charge on any atom is 0.134 e. The highest BCUT2D eigenvalue weighted by atomic mass is 32.1. The molecule has 20 heavy (non-hydrogen) atoms. The van der Waals surface area contributed by atoms with Crippen molar-refractivity contribution in [3.63, 3.8) is 0 Å². The number of nitrogens with two attached hydrogens (primary N) is 1. The van der Waals surface area contributed by atoms with Gasteiger partial charge in [-0.1, -0.05) is 30.7 Å². The van der Waals surface area contributed by atoms with Crippen LogP contribution in [0.2, 0.25) is 0 Å². The molecular formula is C16H20N2OS. The fourth-order valence-corrected chi connectivity index (χ4v) is 3.69. The van der Waals surface area contributed by atoms with Gasteiger partial charge in [0.25, 0.3) is 0 Å². The summed E-state index contributed by atoms with van der Waals surface area (Å²) in [5.74, 6) is 7.42. The Bertz CT molecular complexity index is 577. The highest BCUT2D eigenvalue weighted by molar-refractivity contribution is 7.10. The second-order valence-electron chi connectivity index (χ2n) is 5.25. The summed E-state index contributed by atoms with van der Waals surface area (Å²) in [6.07, 6.45) is 3.98. The molecule has 0 amide bonds. The SMILES string of the molecule is COc1ccsc1C(NN)c1cccc(C2CCC2)c1. The predicted octanol–water partition coefficient (Wildman–Crippen LogP) is 3.58. The molecule has 0 saturated heterocycles. The summed E-state index contributed by atoms with van der Waals surface area (Å²) in [6.45, 7) is 0. The Morgan fingerprint density at radius 2 is 2.20 bits per heavy atom. The van der Waals surface area contributed by atoms with E-state index in [1.165, 1.54) is 30.4 Å². The predicted molar refractivity (Wildman–Crippen MR) is 83.1 cm³/mol. The minimum absolute atomic E-state index is 0.00928. The Labute approximate surface area is 123 Å². The van der Waals surface area contributed by atoms with Gasteiger partial charge in [0, 0.05) is 0 Å². The molecule has 0 spiro atoms. The molecule has 1 aliphatic rings. The minimum atomic E-state index is -0.00928. The smallest absolute Gasteiger partial charge is 0.134 e. The molecule has 1 atom stereocenters. The van der Waals surface area contributed by atoms with Crippen molar-refractivity contribution < 1.29 is 4.74 Å². The van der Waals surface area contributed by atoms with Crippen LogP contribution in [0.15, 0.2) is 35.7 Å². The Hall–Kier alpha value is -1.36. The van der Waals surface area contributed by atoms with E-state index in [-0.39, 0.29) is 6.04 Å². The summed E-state index contributed by atoms with van der Waals surface area (Å²) in [4.78, 5) is 1.13.